The third kappa shape index (κ3) is 4.01. The maximum atomic E-state index is 11.9. The van der Waals surface area contributed by atoms with Crippen molar-refractivity contribution in [3.63, 3.8) is 0 Å². The van der Waals surface area contributed by atoms with Crippen molar-refractivity contribution in [2.24, 2.45) is 0 Å². The van der Waals surface area contributed by atoms with E-state index < -0.39 is 0 Å². The molecule has 8 nitrogen and oxygen atoms in total. The molecule has 1 aliphatic heterocycles. The van der Waals surface area contributed by atoms with Gasteiger partial charge in [0.15, 0.2) is 6.29 Å². The third-order valence-electron chi connectivity index (χ3n) is 2.35. The second kappa shape index (κ2) is 6.64. The minimum absolute atomic E-state index is 0.293. The lowest BCUT2D eigenvalue weighted by Gasteiger charge is -2.19. The fourth-order valence-corrected chi connectivity index (χ4v) is 2.09. The van der Waals surface area contributed by atoms with E-state index in [1.807, 2.05) is 6.92 Å². The molecular weight excluding hydrogens is 272 g/mol. The number of urea groups is 1. The van der Waals surface area contributed by atoms with E-state index in [1.54, 1.807) is 7.05 Å². The fourth-order valence-electron chi connectivity index (χ4n) is 1.45. The zero-order valence-corrected chi connectivity index (χ0v) is 11.6. The van der Waals surface area contributed by atoms with E-state index in [0.29, 0.717) is 36.7 Å². The second-order valence-electron chi connectivity index (χ2n) is 3.79. The number of rotatable bonds is 5. The topological polar surface area (TPSA) is 85.8 Å². The van der Waals surface area contributed by atoms with Gasteiger partial charge in [-0.15, -0.1) is 5.10 Å². The van der Waals surface area contributed by atoms with Gasteiger partial charge >= 0.3 is 6.03 Å². The molecular formula is C10H16N4O4S. The lowest BCUT2D eigenvalue weighted by atomic mass is 10.5. The molecule has 1 saturated heterocycles. The number of amides is 2. The van der Waals surface area contributed by atoms with Gasteiger partial charge in [-0.1, -0.05) is 5.10 Å². The van der Waals surface area contributed by atoms with Gasteiger partial charge in [-0.25, -0.2) is 4.79 Å². The molecule has 0 saturated carbocycles. The molecule has 0 radical (unpaired) electrons. The molecule has 0 unspecified atom stereocenters. The van der Waals surface area contributed by atoms with E-state index in [9.17, 15) is 4.79 Å². The number of aromatic nitrogens is 2. The minimum Gasteiger partial charge on any atom is -0.469 e. The summed E-state index contributed by atoms with van der Waals surface area (Å²) in [7, 11) is 1.66. The summed E-state index contributed by atoms with van der Waals surface area (Å²) in [5.74, 6) is 0. The van der Waals surface area contributed by atoms with Crippen LogP contribution in [0.25, 0.3) is 0 Å². The van der Waals surface area contributed by atoms with Crippen molar-refractivity contribution in [1.29, 1.82) is 0 Å². The van der Waals surface area contributed by atoms with E-state index in [0.717, 1.165) is 0 Å². The highest BCUT2D eigenvalue weighted by Gasteiger charge is 2.21. The number of hydrogen-bond acceptors (Lipinski definition) is 7. The van der Waals surface area contributed by atoms with Crippen LogP contribution in [0.1, 0.15) is 6.92 Å². The molecule has 0 aliphatic carbocycles. The van der Waals surface area contributed by atoms with Crippen molar-refractivity contribution in [2.45, 2.75) is 13.2 Å². The molecule has 106 valence electrons. The molecule has 1 aliphatic rings. The second-order valence-corrected chi connectivity index (χ2v) is 4.73. The number of likely N-dealkylation sites (N-methyl/N-ethyl adjacent to an activating group) is 1. The summed E-state index contributed by atoms with van der Waals surface area (Å²) in [5, 5.41) is 11.1. The first kappa shape index (κ1) is 14.0. The van der Waals surface area contributed by atoms with Gasteiger partial charge in [0, 0.05) is 7.05 Å². The third-order valence-corrected chi connectivity index (χ3v) is 3.10. The van der Waals surface area contributed by atoms with Crippen LogP contribution in [0.3, 0.4) is 0 Å². The van der Waals surface area contributed by atoms with Crippen molar-refractivity contribution >= 4 is 22.5 Å². The minimum atomic E-state index is -0.357. The summed E-state index contributed by atoms with van der Waals surface area (Å²) in [4.78, 5) is 13.3. The number of carbonyl (C=O) groups is 1. The van der Waals surface area contributed by atoms with Crippen molar-refractivity contribution in [3.05, 3.63) is 0 Å². The van der Waals surface area contributed by atoms with Gasteiger partial charge in [-0.2, -0.15) is 0 Å². The van der Waals surface area contributed by atoms with E-state index in [1.165, 1.54) is 16.2 Å². The van der Waals surface area contributed by atoms with Gasteiger partial charge < -0.3 is 19.1 Å². The number of nitrogens with zero attached hydrogens (tertiary/aromatic N) is 3. The van der Waals surface area contributed by atoms with Crippen LogP contribution in [0.5, 0.6) is 5.19 Å². The summed E-state index contributed by atoms with van der Waals surface area (Å²) in [5.41, 5.74) is 0. The fraction of sp³-hybridized carbons (Fsp3) is 0.700. The van der Waals surface area contributed by atoms with Gasteiger partial charge in [0.05, 0.1) is 26.4 Å². The predicted octanol–water partition coefficient (Wildman–Crippen LogP) is 0.773. The zero-order chi connectivity index (χ0) is 13.7. The highest BCUT2D eigenvalue weighted by atomic mass is 32.1. The van der Waals surface area contributed by atoms with Gasteiger partial charge in [0.1, 0.15) is 0 Å². The normalized spacial score (nSPS) is 15.5. The van der Waals surface area contributed by atoms with E-state index in [4.69, 9.17) is 14.2 Å². The molecule has 2 heterocycles. The van der Waals surface area contributed by atoms with E-state index in [-0.39, 0.29) is 12.3 Å². The Morgan fingerprint density at radius 3 is 2.95 bits per heavy atom. The Labute approximate surface area is 114 Å². The Hall–Kier alpha value is -1.45. The molecule has 0 bridgehead atoms. The Morgan fingerprint density at radius 1 is 1.53 bits per heavy atom. The molecule has 19 heavy (non-hydrogen) atoms. The number of anilines is 1. The summed E-state index contributed by atoms with van der Waals surface area (Å²) in [6.45, 7) is 3.86. The molecule has 1 aromatic rings. The molecule has 9 heteroatoms. The van der Waals surface area contributed by atoms with Crippen LogP contribution in [0.15, 0.2) is 0 Å². The van der Waals surface area contributed by atoms with E-state index in [2.05, 4.69) is 15.5 Å². The summed E-state index contributed by atoms with van der Waals surface area (Å²) in [6, 6.07) is -0.293. The van der Waals surface area contributed by atoms with Crippen LogP contribution < -0.4 is 10.1 Å². The van der Waals surface area contributed by atoms with E-state index >= 15 is 0 Å². The summed E-state index contributed by atoms with van der Waals surface area (Å²) in [6.07, 6.45) is -0.357. The van der Waals surface area contributed by atoms with Crippen molar-refractivity contribution in [1.82, 2.24) is 15.1 Å². The van der Waals surface area contributed by atoms with Crippen LogP contribution in [-0.2, 0) is 9.47 Å². The van der Waals surface area contributed by atoms with Crippen LogP contribution in [-0.4, -0.2) is 60.8 Å². The number of carbonyl (C=O) groups excluding carboxylic acids is 1. The average molecular weight is 288 g/mol. The molecule has 1 fully saturated rings. The number of nitrogens with one attached hydrogen (secondary N) is 1. The van der Waals surface area contributed by atoms with Gasteiger partial charge in [-0.05, 0) is 18.3 Å². The maximum Gasteiger partial charge on any atom is 0.323 e. The summed E-state index contributed by atoms with van der Waals surface area (Å²) < 4.78 is 15.7. The average Bonchev–Trinajstić information content (AvgIpc) is 3.02. The van der Waals surface area contributed by atoms with Crippen molar-refractivity contribution < 1.29 is 19.0 Å². The molecule has 2 amide bonds. The highest BCUT2D eigenvalue weighted by molar-refractivity contribution is 7.17. The predicted molar refractivity (Wildman–Crippen MR) is 68.4 cm³/mol. The SMILES string of the molecule is CCOc1nnc(NC(=O)N(C)CC2OCCO2)s1. The Kier molecular flexibility index (Phi) is 4.88. The zero-order valence-electron chi connectivity index (χ0n) is 10.8. The molecule has 0 aromatic carbocycles. The van der Waals surface area contributed by atoms with Gasteiger partial charge in [0.25, 0.3) is 5.19 Å². The smallest absolute Gasteiger partial charge is 0.323 e. The lowest BCUT2D eigenvalue weighted by Crippen LogP contribution is -2.37. The van der Waals surface area contributed by atoms with Crippen LogP contribution >= 0.6 is 11.3 Å². The van der Waals surface area contributed by atoms with Crippen molar-refractivity contribution in [3.8, 4) is 5.19 Å². The van der Waals surface area contributed by atoms with Crippen LogP contribution in [0.4, 0.5) is 9.93 Å². The first-order valence-corrected chi connectivity index (χ1v) is 6.72. The van der Waals surface area contributed by atoms with Gasteiger partial charge in [-0.3, -0.25) is 5.32 Å². The molecule has 1 aromatic heterocycles. The monoisotopic (exact) mass is 288 g/mol. The Bertz CT molecular complexity index is 421. The Balaban J connectivity index is 1.81. The standard InChI is InChI=1S/C10H16N4O4S/c1-3-16-10-13-12-8(19-10)11-9(15)14(2)6-7-17-4-5-18-7/h7H,3-6H2,1-2H3,(H,11,12,15). The quantitative estimate of drug-likeness (QED) is 0.861. The molecule has 1 N–H and O–H groups in total. The molecule has 2 rings (SSSR count). The first-order valence-electron chi connectivity index (χ1n) is 5.90. The largest absolute Gasteiger partial charge is 0.469 e. The van der Waals surface area contributed by atoms with Gasteiger partial charge in [0.2, 0.25) is 5.13 Å². The van der Waals surface area contributed by atoms with Crippen LogP contribution in [0, 0.1) is 0 Å². The number of hydrogen-bond donors (Lipinski definition) is 1. The van der Waals surface area contributed by atoms with Crippen LogP contribution in [0.2, 0.25) is 0 Å². The highest BCUT2D eigenvalue weighted by Crippen LogP contribution is 2.22. The lowest BCUT2D eigenvalue weighted by molar-refractivity contribution is -0.0518. The Morgan fingerprint density at radius 2 is 2.26 bits per heavy atom. The van der Waals surface area contributed by atoms with Crippen molar-refractivity contribution in [2.75, 3.05) is 38.7 Å². The summed E-state index contributed by atoms with van der Waals surface area (Å²) >= 11 is 1.18. The number of ether oxygens (including phenoxy) is 3. The molecule has 0 spiro atoms. The maximum absolute atomic E-state index is 11.9. The first-order chi connectivity index (χ1) is 9.19. The molecule has 0 atom stereocenters.